The normalized spacial score (nSPS) is 23.8. The van der Waals surface area contributed by atoms with E-state index in [2.05, 4.69) is 0 Å². The van der Waals surface area contributed by atoms with Gasteiger partial charge in [-0.15, -0.1) is 0 Å². The molecular weight excluding hydrogens is 210 g/mol. The average Bonchev–Trinajstić information content (AvgIpc) is 2.18. The Morgan fingerprint density at radius 1 is 1.56 bits per heavy atom. The predicted octanol–water partition coefficient (Wildman–Crippen LogP) is 0.896. The van der Waals surface area contributed by atoms with Crippen molar-refractivity contribution in [3.8, 4) is 0 Å². The summed E-state index contributed by atoms with van der Waals surface area (Å²) in [6.45, 7) is 0. The lowest BCUT2D eigenvalue weighted by molar-refractivity contribution is 0.00506. The number of carboxylic acid groups (broad SMARTS) is 1. The lowest BCUT2D eigenvalue weighted by Crippen LogP contribution is -2.38. The summed E-state index contributed by atoms with van der Waals surface area (Å²) in [5.41, 5.74) is -0.613. The number of rotatable bonds is 3. The van der Waals surface area contributed by atoms with Crippen molar-refractivity contribution < 1.29 is 14.6 Å². The summed E-state index contributed by atoms with van der Waals surface area (Å²) in [7, 11) is 1.64. The van der Waals surface area contributed by atoms with E-state index in [-0.39, 0.29) is 17.7 Å². The SMILES string of the molecule is CO[C@H]1C[C@@H](n2cccc(C(=O)O)c2=O)C1. The van der Waals surface area contributed by atoms with Crippen LogP contribution in [0.5, 0.6) is 0 Å². The van der Waals surface area contributed by atoms with Gasteiger partial charge < -0.3 is 14.4 Å². The first kappa shape index (κ1) is 10.9. The van der Waals surface area contributed by atoms with Gasteiger partial charge >= 0.3 is 5.97 Å². The van der Waals surface area contributed by atoms with Crippen molar-refractivity contribution in [3.63, 3.8) is 0 Å². The Labute approximate surface area is 92.3 Å². The fraction of sp³-hybridized carbons (Fsp3) is 0.455. The van der Waals surface area contributed by atoms with Crippen LogP contribution in [0.2, 0.25) is 0 Å². The molecule has 1 N–H and O–H groups in total. The zero-order valence-electron chi connectivity index (χ0n) is 8.92. The second-order valence-corrected chi connectivity index (χ2v) is 3.92. The van der Waals surface area contributed by atoms with Gasteiger partial charge in [0.25, 0.3) is 5.56 Å². The standard InChI is InChI=1S/C11H13NO4/c1-16-8-5-7(6-8)12-4-2-3-9(10(12)13)11(14)15/h2-4,7-8H,5-6H2,1H3,(H,14,15)/t7-,8+. The number of carbonyl (C=O) groups is 1. The topological polar surface area (TPSA) is 68.5 Å². The number of aromatic carboxylic acids is 1. The molecule has 2 rings (SSSR count). The highest BCUT2D eigenvalue weighted by molar-refractivity contribution is 5.86. The van der Waals surface area contributed by atoms with Crippen molar-refractivity contribution in [1.82, 2.24) is 4.57 Å². The summed E-state index contributed by atoms with van der Waals surface area (Å²) in [6.07, 6.45) is 3.34. The molecule has 0 spiro atoms. The van der Waals surface area contributed by atoms with E-state index >= 15 is 0 Å². The van der Waals surface area contributed by atoms with E-state index in [0.29, 0.717) is 0 Å². The van der Waals surface area contributed by atoms with Gasteiger partial charge in [0, 0.05) is 19.3 Å². The Morgan fingerprint density at radius 3 is 2.81 bits per heavy atom. The van der Waals surface area contributed by atoms with E-state index in [1.54, 1.807) is 19.4 Å². The fourth-order valence-corrected chi connectivity index (χ4v) is 1.92. The second kappa shape index (κ2) is 4.09. The first-order valence-electron chi connectivity index (χ1n) is 5.10. The smallest absolute Gasteiger partial charge is 0.341 e. The van der Waals surface area contributed by atoms with Crippen LogP contribution >= 0.6 is 0 Å². The zero-order valence-corrected chi connectivity index (χ0v) is 8.92. The maximum Gasteiger partial charge on any atom is 0.341 e. The first-order chi connectivity index (χ1) is 7.63. The molecule has 5 heteroatoms. The molecule has 0 bridgehead atoms. The van der Waals surface area contributed by atoms with Crippen molar-refractivity contribution in [2.75, 3.05) is 7.11 Å². The van der Waals surface area contributed by atoms with Gasteiger partial charge in [-0.1, -0.05) is 0 Å². The number of methoxy groups -OCH3 is 1. The molecule has 0 aliphatic heterocycles. The summed E-state index contributed by atoms with van der Waals surface area (Å²) in [4.78, 5) is 22.6. The number of nitrogens with zero attached hydrogens (tertiary/aromatic N) is 1. The first-order valence-corrected chi connectivity index (χ1v) is 5.10. The quantitative estimate of drug-likeness (QED) is 0.826. The molecule has 1 aliphatic rings. The maximum atomic E-state index is 11.8. The van der Waals surface area contributed by atoms with E-state index in [4.69, 9.17) is 9.84 Å². The molecule has 1 saturated carbocycles. The van der Waals surface area contributed by atoms with Crippen molar-refractivity contribution in [1.29, 1.82) is 0 Å². The molecule has 1 aliphatic carbocycles. The molecule has 1 aromatic heterocycles. The van der Waals surface area contributed by atoms with Gasteiger partial charge in [-0.2, -0.15) is 0 Å². The van der Waals surface area contributed by atoms with Crippen LogP contribution in [-0.4, -0.2) is 28.9 Å². The maximum absolute atomic E-state index is 11.8. The third-order valence-electron chi connectivity index (χ3n) is 3.00. The second-order valence-electron chi connectivity index (χ2n) is 3.92. The van der Waals surface area contributed by atoms with Crippen molar-refractivity contribution in [3.05, 3.63) is 34.2 Å². The van der Waals surface area contributed by atoms with E-state index in [1.165, 1.54) is 10.6 Å². The van der Waals surface area contributed by atoms with Crippen LogP contribution in [0.25, 0.3) is 0 Å². The molecule has 0 atom stereocenters. The van der Waals surface area contributed by atoms with E-state index in [0.717, 1.165) is 12.8 Å². The highest BCUT2D eigenvalue weighted by Gasteiger charge is 2.31. The largest absolute Gasteiger partial charge is 0.477 e. The molecule has 1 heterocycles. The Balaban J connectivity index is 2.27. The van der Waals surface area contributed by atoms with E-state index in [9.17, 15) is 9.59 Å². The Hall–Kier alpha value is -1.62. The highest BCUT2D eigenvalue weighted by atomic mass is 16.5. The summed E-state index contributed by atoms with van der Waals surface area (Å²) < 4.78 is 6.61. The molecule has 86 valence electrons. The van der Waals surface area contributed by atoms with Gasteiger partial charge in [0.1, 0.15) is 5.56 Å². The summed E-state index contributed by atoms with van der Waals surface area (Å²) in [5.74, 6) is -1.18. The Morgan fingerprint density at radius 2 is 2.25 bits per heavy atom. The van der Waals surface area contributed by atoms with E-state index < -0.39 is 11.5 Å². The van der Waals surface area contributed by atoms with Crippen molar-refractivity contribution in [2.24, 2.45) is 0 Å². The molecule has 1 fully saturated rings. The van der Waals surface area contributed by atoms with Crippen LogP contribution in [0.1, 0.15) is 29.2 Å². The van der Waals surface area contributed by atoms with Crippen LogP contribution in [0.3, 0.4) is 0 Å². The number of hydrogen-bond donors (Lipinski definition) is 1. The van der Waals surface area contributed by atoms with Crippen LogP contribution < -0.4 is 5.56 Å². The Kier molecular flexibility index (Phi) is 2.78. The van der Waals surface area contributed by atoms with E-state index in [1.807, 2.05) is 0 Å². The highest BCUT2D eigenvalue weighted by Crippen LogP contribution is 2.32. The summed E-state index contributed by atoms with van der Waals surface area (Å²) in [5, 5.41) is 8.82. The zero-order chi connectivity index (χ0) is 11.7. The molecule has 0 saturated heterocycles. The van der Waals surface area contributed by atoms with Gasteiger partial charge in [-0.25, -0.2) is 4.79 Å². The van der Waals surface area contributed by atoms with Gasteiger partial charge in [-0.05, 0) is 25.0 Å². The monoisotopic (exact) mass is 223 g/mol. The van der Waals surface area contributed by atoms with Gasteiger partial charge in [0.2, 0.25) is 0 Å². The van der Waals surface area contributed by atoms with Crippen LogP contribution in [0.4, 0.5) is 0 Å². The van der Waals surface area contributed by atoms with Gasteiger partial charge in [0.15, 0.2) is 0 Å². The lowest BCUT2D eigenvalue weighted by Gasteiger charge is -2.35. The minimum Gasteiger partial charge on any atom is -0.477 e. The average molecular weight is 223 g/mol. The van der Waals surface area contributed by atoms with Crippen LogP contribution in [-0.2, 0) is 4.74 Å². The molecular formula is C11H13NO4. The number of carboxylic acids is 1. The molecule has 0 amide bonds. The summed E-state index contributed by atoms with van der Waals surface area (Å²) in [6, 6.07) is 2.98. The van der Waals surface area contributed by atoms with Crippen molar-refractivity contribution in [2.45, 2.75) is 25.0 Å². The molecule has 16 heavy (non-hydrogen) atoms. The number of pyridine rings is 1. The van der Waals surface area contributed by atoms with Crippen LogP contribution in [0, 0.1) is 0 Å². The number of ether oxygens (including phenoxy) is 1. The fourth-order valence-electron chi connectivity index (χ4n) is 1.92. The van der Waals surface area contributed by atoms with Gasteiger partial charge in [-0.3, -0.25) is 4.79 Å². The number of hydrogen-bond acceptors (Lipinski definition) is 3. The minimum atomic E-state index is -1.18. The Bertz CT molecular complexity index is 459. The third-order valence-corrected chi connectivity index (χ3v) is 3.00. The molecule has 0 radical (unpaired) electrons. The third kappa shape index (κ3) is 1.74. The molecule has 0 aromatic carbocycles. The summed E-state index contributed by atoms with van der Waals surface area (Å²) >= 11 is 0. The minimum absolute atomic E-state index is 0.0664. The van der Waals surface area contributed by atoms with Gasteiger partial charge in [0.05, 0.1) is 6.10 Å². The van der Waals surface area contributed by atoms with Crippen molar-refractivity contribution >= 4 is 5.97 Å². The molecule has 0 unspecified atom stereocenters. The number of aromatic nitrogens is 1. The molecule has 1 aromatic rings. The molecule has 5 nitrogen and oxygen atoms in total. The van der Waals surface area contributed by atoms with Crippen LogP contribution in [0.15, 0.2) is 23.1 Å². The predicted molar refractivity (Wildman–Crippen MR) is 56.7 cm³/mol. The lowest BCUT2D eigenvalue weighted by atomic mass is 9.89.